The average molecular weight is 324 g/mol. The Morgan fingerprint density at radius 3 is 1.28 bits per heavy atom. The second kappa shape index (κ2) is 5.87. The Morgan fingerprint density at radius 1 is 0.560 bits per heavy atom. The lowest BCUT2D eigenvalue weighted by Gasteiger charge is -2.33. The summed E-state index contributed by atoms with van der Waals surface area (Å²) in [5.74, 6) is 0. The number of ether oxygens (including phenoxy) is 1. The zero-order chi connectivity index (χ0) is 17.3. The van der Waals surface area contributed by atoms with Crippen molar-refractivity contribution < 1.29 is 4.74 Å². The van der Waals surface area contributed by atoms with Crippen molar-refractivity contribution in [1.29, 1.82) is 0 Å². The molecule has 25 heavy (non-hydrogen) atoms. The topological polar surface area (TPSA) is 9.23 Å². The minimum absolute atomic E-state index is 0.706. The van der Waals surface area contributed by atoms with Crippen molar-refractivity contribution in [3.05, 3.63) is 132 Å². The number of fused-ring (bicyclic) bond motifs is 1. The molecular weight excluding hydrogens is 304 g/mol. The van der Waals surface area contributed by atoms with Crippen LogP contribution in [0.15, 0.2) is 110 Å². The molecule has 1 aliphatic rings. The molecule has 0 aliphatic carbocycles. The number of benzene rings is 3. The van der Waals surface area contributed by atoms with Gasteiger partial charge in [-0.2, -0.15) is 0 Å². The van der Waals surface area contributed by atoms with Crippen LogP contribution in [-0.4, -0.2) is 0 Å². The van der Waals surface area contributed by atoms with Gasteiger partial charge in [0.25, 0.3) is 0 Å². The van der Waals surface area contributed by atoms with Gasteiger partial charge < -0.3 is 4.74 Å². The Labute approximate surface area is 148 Å². The fourth-order valence-corrected chi connectivity index (χ4v) is 3.83. The van der Waals surface area contributed by atoms with Crippen molar-refractivity contribution in [3.8, 4) is 0 Å². The fourth-order valence-electron chi connectivity index (χ4n) is 3.83. The Morgan fingerprint density at radius 2 is 0.920 bits per heavy atom. The summed E-state index contributed by atoms with van der Waals surface area (Å²) in [6.45, 7) is 8.25. The zero-order valence-electron chi connectivity index (χ0n) is 14.1. The van der Waals surface area contributed by atoms with Crippen LogP contribution in [-0.2, 0) is 15.9 Å². The molecule has 2 atom stereocenters. The summed E-state index contributed by atoms with van der Waals surface area (Å²) < 4.78 is 6.84. The third kappa shape index (κ3) is 2.13. The zero-order valence-corrected chi connectivity index (χ0v) is 14.1. The summed E-state index contributed by atoms with van der Waals surface area (Å²) in [6.07, 6.45) is 3.80. The van der Waals surface area contributed by atoms with Crippen LogP contribution in [0.2, 0.25) is 0 Å². The van der Waals surface area contributed by atoms with Crippen molar-refractivity contribution in [2.75, 3.05) is 0 Å². The minimum Gasteiger partial charge on any atom is -0.342 e. The maximum absolute atomic E-state index is 6.84. The molecule has 0 fully saturated rings. The largest absolute Gasteiger partial charge is 0.342 e. The van der Waals surface area contributed by atoms with E-state index in [-0.39, 0.29) is 0 Å². The number of rotatable bonds is 4. The molecule has 1 nitrogen and oxygen atoms in total. The van der Waals surface area contributed by atoms with Gasteiger partial charge in [0.15, 0.2) is 0 Å². The maximum atomic E-state index is 6.84. The molecule has 0 aromatic heterocycles. The lowest BCUT2D eigenvalue weighted by Crippen LogP contribution is -2.31. The predicted octanol–water partition coefficient (Wildman–Crippen LogP) is 5.58. The highest BCUT2D eigenvalue weighted by Gasteiger charge is 2.52. The van der Waals surface area contributed by atoms with Gasteiger partial charge in [-0.05, 0) is 22.3 Å². The van der Waals surface area contributed by atoms with Gasteiger partial charge in [0.2, 0.25) is 0 Å². The van der Waals surface area contributed by atoms with E-state index in [0.717, 1.165) is 22.3 Å². The van der Waals surface area contributed by atoms with Gasteiger partial charge in [0.05, 0.1) is 0 Å². The molecule has 3 aromatic rings. The molecule has 122 valence electrons. The summed E-state index contributed by atoms with van der Waals surface area (Å²) in [5.41, 5.74) is 2.94. The smallest absolute Gasteiger partial charge is 0.139 e. The summed E-state index contributed by atoms with van der Waals surface area (Å²) in [4.78, 5) is 0. The first-order valence-corrected chi connectivity index (χ1v) is 8.45. The summed E-state index contributed by atoms with van der Waals surface area (Å²) in [6, 6.07) is 28.8. The standard InChI is InChI=1S/C24H20O/c1-3-23(19-13-7-5-8-14-19)21-17-11-12-18-22(21)24(4-2,25-23)20-15-9-6-10-16-20/h3-18H,1-2H2. The van der Waals surface area contributed by atoms with Crippen LogP contribution >= 0.6 is 0 Å². The molecule has 4 rings (SSSR count). The monoisotopic (exact) mass is 324 g/mol. The molecule has 0 radical (unpaired) electrons. The molecule has 1 aliphatic heterocycles. The van der Waals surface area contributed by atoms with E-state index in [4.69, 9.17) is 4.74 Å². The molecule has 0 bridgehead atoms. The van der Waals surface area contributed by atoms with Crippen LogP contribution in [0.25, 0.3) is 0 Å². The van der Waals surface area contributed by atoms with Crippen molar-refractivity contribution >= 4 is 0 Å². The van der Waals surface area contributed by atoms with Gasteiger partial charge in [0.1, 0.15) is 11.2 Å². The molecule has 2 unspecified atom stereocenters. The van der Waals surface area contributed by atoms with Gasteiger partial charge in [0, 0.05) is 0 Å². The SMILES string of the molecule is C=CC1(c2ccccc2)OC(C=C)(c2ccccc2)c2ccccc21. The highest BCUT2D eigenvalue weighted by molar-refractivity contribution is 5.56. The van der Waals surface area contributed by atoms with Gasteiger partial charge in [-0.3, -0.25) is 0 Å². The molecule has 0 N–H and O–H groups in total. The summed E-state index contributed by atoms with van der Waals surface area (Å²) in [7, 11) is 0. The fraction of sp³-hybridized carbons (Fsp3) is 0.0833. The Kier molecular flexibility index (Phi) is 3.67. The van der Waals surface area contributed by atoms with Crippen molar-refractivity contribution in [3.63, 3.8) is 0 Å². The average Bonchev–Trinajstić information content (AvgIpc) is 3.02. The first-order chi connectivity index (χ1) is 12.3. The van der Waals surface area contributed by atoms with Crippen molar-refractivity contribution in [2.24, 2.45) is 0 Å². The third-order valence-corrected chi connectivity index (χ3v) is 5.03. The van der Waals surface area contributed by atoms with Gasteiger partial charge in [-0.1, -0.05) is 110 Å². The quantitative estimate of drug-likeness (QED) is 0.570. The van der Waals surface area contributed by atoms with Crippen LogP contribution in [0.1, 0.15) is 22.3 Å². The van der Waals surface area contributed by atoms with E-state index in [2.05, 4.69) is 49.6 Å². The lowest BCUT2D eigenvalue weighted by atomic mass is 9.81. The van der Waals surface area contributed by atoms with E-state index >= 15 is 0 Å². The highest BCUT2D eigenvalue weighted by Crippen LogP contribution is 2.54. The molecule has 0 saturated heterocycles. The first-order valence-electron chi connectivity index (χ1n) is 8.45. The van der Waals surface area contributed by atoms with E-state index in [1.54, 1.807) is 0 Å². The second-order valence-electron chi connectivity index (χ2n) is 6.26. The molecule has 0 amide bonds. The van der Waals surface area contributed by atoms with Gasteiger partial charge >= 0.3 is 0 Å². The van der Waals surface area contributed by atoms with Crippen molar-refractivity contribution in [1.82, 2.24) is 0 Å². The van der Waals surface area contributed by atoms with E-state index < -0.39 is 11.2 Å². The van der Waals surface area contributed by atoms with Crippen LogP contribution in [0.4, 0.5) is 0 Å². The molecule has 1 heteroatoms. The molecular formula is C24H20O. The Balaban J connectivity index is 2.03. The molecule has 0 saturated carbocycles. The number of hydrogen-bond donors (Lipinski definition) is 0. The van der Waals surface area contributed by atoms with Gasteiger partial charge in [-0.15, -0.1) is 0 Å². The molecule has 1 heterocycles. The maximum Gasteiger partial charge on any atom is 0.139 e. The normalized spacial score (nSPS) is 24.5. The van der Waals surface area contributed by atoms with Crippen LogP contribution < -0.4 is 0 Å². The summed E-state index contributed by atoms with van der Waals surface area (Å²) in [5, 5.41) is 0. The molecule has 0 spiro atoms. The predicted molar refractivity (Wildman–Crippen MR) is 102 cm³/mol. The van der Waals surface area contributed by atoms with Gasteiger partial charge in [-0.25, -0.2) is 0 Å². The minimum atomic E-state index is -0.706. The molecule has 3 aromatic carbocycles. The lowest BCUT2D eigenvalue weighted by molar-refractivity contribution is -0.0442. The Bertz CT molecular complexity index is 837. The Hall–Kier alpha value is -2.90. The van der Waals surface area contributed by atoms with E-state index in [9.17, 15) is 0 Å². The van der Waals surface area contributed by atoms with E-state index in [0.29, 0.717) is 0 Å². The second-order valence-corrected chi connectivity index (χ2v) is 6.26. The van der Waals surface area contributed by atoms with E-state index in [1.807, 2.05) is 60.7 Å². The summed E-state index contributed by atoms with van der Waals surface area (Å²) >= 11 is 0. The third-order valence-electron chi connectivity index (χ3n) is 5.03. The number of hydrogen-bond acceptors (Lipinski definition) is 1. The first kappa shape index (κ1) is 15.6. The van der Waals surface area contributed by atoms with Crippen LogP contribution in [0.5, 0.6) is 0 Å². The van der Waals surface area contributed by atoms with Crippen LogP contribution in [0.3, 0.4) is 0 Å². The van der Waals surface area contributed by atoms with Crippen molar-refractivity contribution in [2.45, 2.75) is 11.2 Å². The van der Waals surface area contributed by atoms with Crippen LogP contribution in [0, 0.1) is 0 Å². The highest BCUT2D eigenvalue weighted by atomic mass is 16.5. The van der Waals surface area contributed by atoms with E-state index in [1.165, 1.54) is 0 Å².